The molecule has 7 nitrogen and oxygen atoms in total. The summed E-state index contributed by atoms with van der Waals surface area (Å²) in [4.78, 5) is 28.9. The number of thiophene rings is 1. The fraction of sp³-hybridized carbons (Fsp3) is 0.185. The molecule has 5 rings (SSSR count). The van der Waals surface area contributed by atoms with Crippen LogP contribution in [-0.4, -0.2) is 37.5 Å². The molecular formula is C27H24N2O5S. The average molecular weight is 489 g/mol. The van der Waals surface area contributed by atoms with Crippen molar-refractivity contribution in [1.82, 2.24) is 4.90 Å². The van der Waals surface area contributed by atoms with Gasteiger partial charge in [0, 0.05) is 22.7 Å². The smallest absolute Gasteiger partial charge is 0.291 e. The molecule has 0 saturated heterocycles. The first-order valence-corrected chi connectivity index (χ1v) is 12.0. The third-order valence-electron chi connectivity index (χ3n) is 6.08. The van der Waals surface area contributed by atoms with Crippen molar-refractivity contribution in [2.45, 2.75) is 12.5 Å². The lowest BCUT2D eigenvalue weighted by Gasteiger charge is -2.37. The van der Waals surface area contributed by atoms with E-state index in [1.165, 1.54) is 6.26 Å². The van der Waals surface area contributed by atoms with E-state index in [4.69, 9.17) is 13.9 Å². The second kappa shape index (κ2) is 9.68. The zero-order valence-electron chi connectivity index (χ0n) is 19.3. The molecule has 0 bridgehead atoms. The molecule has 178 valence electrons. The van der Waals surface area contributed by atoms with Gasteiger partial charge in [0.1, 0.15) is 0 Å². The first-order valence-electron chi connectivity index (χ1n) is 11.1. The van der Waals surface area contributed by atoms with Crippen molar-refractivity contribution < 1.29 is 23.5 Å². The number of benzene rings is 2. The number of nitrogens with zero attached hydrogens (tertiary/aromatic N) is 1. The summed E-state index contributed by atoms with van der Waals surface area (Å²) in [7, 11) is 3.24. The van der Waals surface area contributed by atoms with Gasteiger partial charge in [-0.05, 0) is 77.5 Å². The molecule has 2 amide bonds. The molecule has 35 heavy (non-hydrogen) atoms. The molecule has 0 spiro atoms. The van der Waals surface area contributed by atoms with E-state index in [1.807, 2.05) is 28.5 Å². The van der Waals surface area contributed by atoms with Gasteiger partial charge < -0.3 is 24.1 Å². The lowest BCUT2D eigenvalue weighted by molar-refractivity contribution is 0.0697. The van der Waals surface area contributed by atoms with Crippen LogP contribution in [0.2, 0.25) is 0 Å². The molecule has 4 aromatic rings. The second-order valence-electron chi connectivity index (χ2n) is 8.08. The van der Waals surface area contributed by atoms with E-state index < -0.39 is 0 Å². The summed E-state index contributed by atoms with van der Waals surface area (Å²) in [5.41, 5.74) is 3.30. The maximum Gasteiger partial charge on any atom is 0.291 e. The molecule has 0 radical (unpaired) electrons. The van der Waals surface area contributed by atoms with Crippen LogP contribution in [0.3, 0.4) is 0 Å². The number of hydrogen-bond acceptors (Lipinski definition) is 6. The summed E-state index contributed by atoms with van der Waals surface area (Å²) in [6.07, 6.45) is 2.16. The predicted molar refractivity (Wildman–Crippen MR) is 134 cm³/mol. The van der Waals surface area contributed by atoms with Crippen LogP contribution in [0.15, 0.2) is 76.7 Å². The predicted octanol–water partition coefficient (Wildman–Crippen LogP) is 5.40. The highest BCUT2D eigenvalue weighted by Crippen LogP contribution is 2.42. The number of anilines is 1. The zero-order chi connectivity index (χ0) is 24.4. The van der Waals surface area contributed by atoms with Crippen LogP contribution < -0.4 is 14.8 Å². The number of rotatable bonds is 6. The van der Waals surface area contributed by atoms with Gasteiger partial charge in [-0.15, -0.1) is 11.3 Å². The van der Waals surface area contributed by atoms with Gasteiger partial charge in [-0.2, -0.15) is 0 Å². The van der Waals surface area contributed by atoms with Crippen molar-refractivity contribution >= 4 is 28.8 Å². The number of fused-ring (bicyclic) bond motifs is 1. The monoisotopic (exact) mass is 488 g/mol. The van der Waals surface area contributed by atoms with E-state index in [9.17, 15) is 9.59 Å². The van der Waals surface area contributed by atoms with Crippen molar-refractivity contribution in [3.05, 3.63) is 99.6 Å². The Labute approximate surface area is 206 Å². The summed E-state index contributed by atoms with van der Waals surface area (Å²) < 4.78 is 16.2. The van der Waals surface area contributed by atoms with Crippen molar-refractivity contribution in [2.75, 3.05) is 26.1 Å². The zero-order valence-corrected chi connectivity index (χ0v) is 20.1. The summed E-state index contributed by atoms with van der Waals surface area (Å²) in [5, 5.41) is 4.79. The number of nitrogens with one attached hydrogen (secondary N) is 1. The molecule has 8 heteroatoms. The minimum Gasteiger partial charge on any atom is -0.493 e. The Bertz CT molecular complexity index is 1330. The molecule has 0 fully saturated rings. The Hall–Kier alpha value is -4.04. The third-order valence-corrected chi connectivity index (χ3v) is 7.01. The van der Waals surface area contributed by atoms with Gasteiger partial charge in [0.2, 0.25) is 0 Å². The summed E-state index contributed by atoms with van der Waals surface area (Å²) in [5.74, 6) is 1.13. The van der Waals surface area contributed by atoms with Crippen LogP contribution in [0.4, 0.5) is 5.69 Å². The summed E-state index contributed by atoms with van der Waals surface area (Å²) in [6, 6.07) is 18.0. The van der Waals surface area contributed by atoms with Gasteiger partial charge in [-0.1, -0.05) is 6.07 Å². The standard InChI is InChI=1S/C27H24N2O5S/c1-32-22-15-18-11-12-29(25(24-6-4-14-35-24)20(18)16-23(22)33-2)27(31)17-7-9-19(10-8-17)28-26(30)21-5-3-13-34-21/h3-10,13-16,25H,11-12H2,1-2H3,(H,28,30). The number of carbonyl (C=O) groups excluding carboxylic acids is 2. The van der Waals surface area contributed by atoms with Gasteiger partial charge in [0.15, 0.2) is 17.3 Å². The molecule has 2 aromatic heterocycles. The Morgan fingerprint density at radius 2 is 1.80 bits per heavy atom. The van der Waals surface area contributed by atoms with Crippen molar-refractivity contribution in [2.24, 2.45) is 0 Å². The van der Waals surface area contributed by atoms with Gasteiger partial charge in [-0.3, -0.25) is 9.59 Å². The van der Waals surface area contributed by atoms with Crippen molar-refractivity contribution in [1.29, 1.82) is 0 Å². The van der Waals surface area contributed by atoms with Crippen LogP contribution in [-0.2, 0) is 6.42 Å². The van der Waals surface area contributed by atoms with E-state index in [0.717, 1.165) is 16.0 Å². The summed E-state index contributed by atoms with van der Waals surface area (Å²) >= 11 is 1.62. The highest BCUT2D eigenvalue weighted by Gasteiger charge is 2.34. The maximum absolute atomic E-state index is 13.7. The normalized spacial score (nSPS) is 14.8. The minimum absolute atomic E-state index is 0.0762. The molecule has 0 aliphatic carbocycles. The van der Waals surface area contributed by atoms with Crippen molar-refractivity contribution in [3.8, 4) is 11.5 Å². The van der Waals surface area contributed by atoms with Gasteiger partial charge in [0.25, 0.3) is 11.8 Å². The quantitative estimate of drug-likeness (QED) is 0.393. The first kappa shape index (κ1) is 22.7. The number of furan rings is 1. The molecule has 1 aliphatic heterocycles. The van der Waals surface area contributed by atoms with Crippen LogP contribution >= 0.6 is 11.3 Å². The van der Waals surface area contributed by atoms with E-state index in [2.05, 4.69) is 11.4 Å². The molecular weight excluding hydrogens is 464 g/mol. The average Bonchev–Trinajstić information content (AvgIpc) is 3.62. The molecule has 1 atom stereocenters. The number of hydrogen-bond donors (Lipinski definition) is 1. The van der Waals surface area contributed by atoms with E-state index in [0.29, 0.717) is 35.7 Å². The van der Waals surface area contributed by atoms with Crippen LogP contribution in [0, 0.1) is 0 Å². The lowest BCUT2D eigenvalue weighted by atomic mass is 9.90. The van der Waals surface area contributed by atoms with Gasteiger partial charge in [0.05, 0.1) is 26.5 Å². The molecule has 0 saturated carbocycles. The highest BCUT2D eigenvalue weighted by molar-refractivity contribution is 7.10. The Kier molecular flexibility index (Phi) is 6.29. The third kappa shape index (κ3) is 4.40. The van der Waals surface area contributed by atoms with Crippen LogP contribution in [0.1, 0.15) is 43.0 Å². The first-order chi connectivity index (χ1) is 17.1. The number of carbonyl (C=O) groups is 2. The maximum atomic E-state index is 13.7. The lowest BCUT2D eigenvalue weighted by Crippen LogP contribution is -2.40. The minimum atomic E-state index is -0.344. The summed E-state index contributed by atoms with van der Waals surface area (Å²) in [6.45, 7) is 0.570. The van der Waals surface area contributed by atoms with Crippen LogP contribution in [0.25, 0.3) is 0 Å². The van der Waals surface area contributed by atoms with E-state index >= 15 is 0 Å². The van der Waals surface area contributed by atoms with Gasteiger partial charge >= 0.3 is 0 Å². The Balaban J connectivity index is 1.43. The molecule has 3 heterocycles. The fourth-order valence-electron chi connectivity index (χ4n) is 4.38. The Morgan fingerprint density at radius 3 is 2.46 bits per heavy atom. The van der Waals surface area contributed by atoms with E-state index in [-0.39, 0.29) is 23.6 Å². The molecule has 1 aliphatic rings. The second-order valence-corrected chi connectivity index (χ2v) is 9.06. The SMILES string of the molecule is COc1cc2c(cc1OC)C(c1cccs1)N(C(=O)c1ccc(NC(=O)c3ccco3)cc1)CC2. The highest BCUT2D eigenvalue weighted by atomic mass is 32.1. The Morgan fingerprint density at radius 1 is 1.03 bits per heavy atom. The number of methoxy groups -OCH3 is 2. The molecule has 1 N–H and O–H groups in total. The topological polar surface area (TPSA) is 81.0 Å². The number of amides is 2. The van der Waals surface area contributed by atoms with E-state index in [1.54, 1.807) is 62.0 Å². The largest absolute Gasteiger partial charge is 0.493 e. The molecule has 2 aromatic carbocycles. The van der Waals surface area contributed by atoms with Crippen molar-refractivity contribution in [3.63, 3.8) is 0 Å². The molecule has 1 unspecified atom stereocenters. The van der Waals surface area contributed by atoms with Crippen LogP contribution in [0.5, 0.6) is 11.5 Å². The fourth-order valence-corrected chi connectivity index (χ4v) is 5.24. The van der Waals surface area contributed by atoms with Gasteiger partial charge in [-0.25, -0.2) is 0 Å². The number of ether oxygens (including phenoxy) is 2.